The fraction of sp³-hybridized carbons (Fsp3) is 0.0370. The first-order chi connectivity index (χ1) is 17.0. The predicted molar refractivity (Wildman–Crippen MR) is 155 cm³/mol. The Labute approximate surface area is 224 Å². The van der Waals surface area contributed by atoms with Crippen LogP contribution in [0.4, 0.5) is 17.3 Å². The number of hydrogen-bond acceptors (Lipinski definition) is 4. The number of benzene rings is 4. The molecule has 6 rings (SSSR count). The molecule has 0 saturated carbocycles. The van der Waals surface area contributed by atoms with Crippen molar-refractivity contribution >= 4 is 74.2 Å². The van der Waals surface area contributed by atoms with E-state index in [1.165, 1.54) is 0 Å². The van der Waals surface area contributed by atoms with Crippen molar-refractivity contribution in [2.45, 2.75) is 7.43 Å². The van der Waals surface area contributed by atoms with Crippen LogP contribution in [0.15, 0.2) is 97.1 Å². The highest BCUT2D eigenvalue weighted by Crippen LogP contribution is 2.20. The molecule has 0 spiro atoms. The van der Waals surface area contributed by atoms with Crippen molar-refractivity contribution in [3.8, 4) is 0 Å². The second-order valence-electron chi connectivity index (χ2n) is 7.34. The molecule has 36 heavy (non-hydrogen) atoms. The minimum absolute atomic E-state index is 0. The summed E-state index contributed by atoms with van der Waals surface area (Å²) in [5.74, 6) is 0.716. The van der Waals surface area contributed by atoms with Gasteiger partial charge in [-0.1, -0.05) is 67.0 Å². The first kappa shape index (κ1) is 26.9. The quantitative estimate of drug-likeness (QED) is 0.165. The van der Waals surface area contributed by atoms with E-state index in [0.29, 0.717) is 27.0 Å². The molecule has 5 N–H and O–H groups in total. The number of aromatic amines is 2. The van der Waals surface area contributed by atoms with E-state index in [0.717, 1.165) is 27.8 Å². The lowest BCUT2D eigenvalue weighted by Gasteiger charge is -2.02. The summed E-state index contributed by atoms with van der Waals surface area (Å²) in [6.45, 7) is 0. The van der Waals surface area contributed by atoms with E-state index in [2.05, 4.69) is 25.3 Å². The number of fused-ring (bicyclic) bond motifs is 2. The maximum Gasteiger partial charge on any atom is 0.205 e. The Morgan fingerprint density at radius 2 is 1.22 bits per heavy atom. The lowest BCUT2D eigenvalue weighted by molar-refractivity contribution is 1.31. The van der Waals surface area contributed by atoms with E-state index >= 15 is 0 Å². The van der Waals surface area contributed by atoms with Crippen LogP contribution in [0.3, 0.4) is 0 Å². The van der Waals surface area contributed by atoms with E-state index < -0.39 is 0 Å². The highest BCUT2D eigenvalue weighted by molar-refractivity contribution is 6.31. The molecule has 0 aliphatic rings. The van der Waals surface area contributed by atoms with Crippen LogP contribution in [-0.2, 0) is 0 Å². The van der Waals surface area contributed by atoms with Gasteiger partial charge in [0.05, 0.1) is 22.1 Å². The first-order valence-corrected chi connectivity index (χ1v) is 11.7. The van der Waals surface area contributed by atoms with E-state index in [1.54, 1.807) is 18.2 Å². The summed E-state index contributed by atoms with van der Waals surface area (Å²) >= 11 is 17.1. The van der Waals surface area contributed by atoms with Crippen LogP contribution >= 0.6 is 34.8 Å². The molecule has 0 aliphatic carbocycles. The molecule has 184 valence electrons. The fourth-order valence-electron chi connectivity index (χ4n) is 3.14. The van der Waals surface area contributed by atoms with Gasteiger partial charge in [0.15, 0.2) is 0 Å². The Balaban J connectivity index is 0.000000162. The van der Waals surface area contributed by atoms with Gasteiger partial charge in [-0.3, -0.25) is 0 Å². The topological polar surface area (TPSA) is 95.4 Å². The second-order valence-corrected chi connectivity index (χ2v) is 8.57. The Kier molecular flexibility index (Phi) is 9.59. The molecular formula is C27H25Cl3N6. The van der Waals surface area contributed by atoms with Gasteiger partial charge >= 0.3 is 0 Å². The maximum atomic E-state index is 5.92. The van der Waals surface area contributed by atoms with E-state index in [-0.39, 0.29) is 7.43 Å². The zero-order valence-corrected chi connectivity index (χ0v) is 20.6. The monoisotopic (exact) mass is 538 g/mol. The summed E-state index contributed by atoms with van der Waals surface area (Å²) in [5, 5.41) is 5.01. The number of para-hydroxylation sites is 4. The van der Waals surface area contributed by atoms with Gasteiger partial charge in [0.25, 0.3) is 0 Å². The van der Waals surface area contributed by atoms with Crippen molar-refractivity contribution in [2.75, 3.05) is 11.1 Å². The third-order valence-electron chi connectivity index (χ3n) is 4.69. The molecule has 4 aromatic carbocycles. The average molecular weight is 540 g/mol. The molecule has 0 aliphatic heterocycles. The maximum absolute atomic E-state index is 5.92. The molecule has 0 amide bonds. The van der Waals surface area contributed by atoms with Crippen molar-refractivity contribution in [1.82, 2.24) is 19.9 Å². The van der Waals surface area contributed by atoms with Crippen molar-refractivity contribution in [1.29, 1.82) is 0 Å². The molecule has 2 heterocycles. The van der Waals surface area contributed by atoms with Crippen molar-refractivity contribution in [3.05, 3.63) is 112 Å². The second kappa shape index (κ2) is 12.8. The first-order valence-electron chi connectivity index (χ1n) is 10.5. The van der Waals surface area contributed by atoms with Gasteiger partial charge in [-0.15, -0.1) is 0 Å². The molecule has 6 aromatic rings. The number of rotatable bonds is 2. The molecule has 9 heteroatoms. The molecule has 0 atom stereocenters. The molecule has 0 radical (unpaired) electrons. The summed E-state index contributed by atoms with van der Waals surface area (Å²) in [4.78, 5) is 14.6. The normalized spacial score (nSPS) is 9.97. The molecule has 0 fully saturated rings. The van der Waals surface area contributed by atoms with E-state index in [1.807, 2.05) is 78.9 Å². The van der Waals surface area contributed by atoms with Gasteiger partial charge in [0.2, 0.25) is 11.2 Å². The van der Waals surface area contributed by atoms with Crippen LogP contribution in [0.5, 0.6) is 0 Å². The van der Waals surface area contributed by atoms with Crippen LogP contribution in [0, 0.1) is 0 Å². The molecule has 0 saturated heterocycles. The third kappa shape index (κ3) is 7.65. The summed E-state index contributed by atoms with van der Waals surface area (Å²) < 4.78 is 0. The van der Waals surface area contributed by atoms with Gasteiger partial charge in [0, 0.05) is 21.4 Å². The third-order valence-corrected chi connectivity index (χ3v) is 5.34. The lowest BCUT2D eigenvalue weighted by Crippen LogP contribution is -1.91. The van der Waals surface area contributed by atoms with Crippen molar-refractivity contribution < 1.29 is 0 Å². The van der Waals surface area contributed by atoms with Crippen LogP contribution < -0.4 is 11.1 Å². The largest absolute Gasteiger partial charge is 0.399 e. The number of nitrogens with zero attached hydrogens (tertiary/aromatic N) is 2. The number of halogens is 3. The van der Waals surface area contributed by atoms with Crippen LogP contribution in [0.2, 0.25) is 15.3 Å². The van der Waals surface area contributed by atoms with Crippen LogP contribution in [-0.4, -0.2) is 19.9 Å². The minimum Gasteiger partial charge on any atom is -0.399 e. The number of anilines is 3. The van der Waals surface area contributed by atoms with Crippen molar-refractivity contribution in [3.63, 3.8) is 0 Å². The zero-order valence-electron chi connectivity index (χ0n) is 18.3. The molecule has 6 nitrogen and oxygen atoms in total. The lowest BCUT2D eigenvalue weighted by atomic mass is 10.3. The predicted octanol–water partition coefficient (Wildman–Crippen LogP) is 8.73. The van der Waals surface area contributed by atoms with Crippen LogP contribution in [0.1, 0.15) is 7.43 Å². The van der Waals surface area contributed by atoms with Gasteiger partial charge in [0.1, 0.15) is 0 Å². The highest BCUT2D eigenvalue weighted by atomic mass is 35.5. The molecular weight excluding hydrogens is 515 g/mol. The zero-order chi connectivity index (χ0) is 24.6. The summed E-state index contributed by atoms with van der Waals surface area (Å²) in [7, 11) is 0. The highest BCUT2D eigenvalue weighted by Gasteiger charge is 2.02. The molecule has 2 aromatic heterocycles. The Morgan fingerprint density at radius 3 is 1.78 bits per heavy atom. The summed E-state index contributed by atoms with van der Waals surface area (Å²) in [5.41, 5.74) is 10.8. The average Bonchev–Trinajstić information content (AvgIpc) is 3.41. The standard InChI is InChI=1S/C13H10ClN3.C7H5ClN2.C6H6ClN.CH4/c14-9-4-3-5-10(8-9)15-13-16-11-6-1-2-7-12(11)17-13;8-7-9-5-3-1-2-4-6(5)10-7;7-5-2-1-3-6(8)4-5;/h1-8H,(H2,15,16,17);1-4H,(H,9,10);1-4H,8H2;1H4. The van der Waals surface area contributed by atoms with E-state index in [4.69, 9.17) is 40.5 Å². The van der Waals surface area contributed by atoms with Crippen LogP contribution in [0.25, 0.3) is 22.1 Å². The van der Waals surface area contributed by atoms with E-state index in [9.17, 15) is 0 Å². The van der Waals surface area contributed by atoms with Gasteiger partial charge < -0.3 is 21.0 Å². The Hall–Kier alpha value is -3.71. The number of aromatic nitrogens is 4. The summed E-state index contributed by atoms with van der Waals surface area (Å²) in [6.07, 6.45) is 0. The molecule has 0 bridgehead atoms. The SMILES string of the molecule is C.Clc1cccc(Nc2nc3ccccc3[nH]2)c1.Clc1nc2ccccc2[nH]1.Nc1cccc(Cl)c1. The van der Waals surface area contributed by atoms with Gasteiger partial charge in [-0.25, -0.2) is 9.97 Å². The molecule has 0 unspecified atom stereocenters. The number of imidazole rings is 2. The Bertz CT molecular complexity index is 1460. The number of nitrogen functional groups attached to an aromatic ring is 1. The van der Waals surface area contributed by atoms with Gasteiger partial charge in [-0.2, -0.15) is 0 Å². The Morgan fingerprint density at radius 1 is 0.639 bits per heavy atom. The number of hydrogen-bond donors (Lipinski definition) is 4. The number of H-pyrrole nitrogens is 2. The fourth-order valence-corrected chi connectivity index (χ4v) is 3.73. The summed E-state index contributed by atoms with van der Waals surface area (Å²) in [6, 6.07) is 30.3. The van der Waals surface area contributed by atoms with Gasteiger partial charge in [-0.05, 0) is 72.3 Å². The minimum atomic E-state index is 0. The number of nitrogens with two attached hydrogens (primary N) is 1. The number of nitrogens with one attached hydrogen (secondary N) is 3. The smallest absolute Gasteiger partial charge is 0.205 e. The van der Waals surface area contributed by atoms with Crippen molar-refractivity contribution in [2.24, 2.45) is 0 Å².